The molecule has 1 aliphatic heterocycles. The second-order valence-electron chi connectivity index (χ2n) is 3.12. The summed E-state index contributed by atoms with van der Waals surface area (Å²) in [4.78, 5) is 12.5. The summed E-state index contributed by atoms with van der Waals surface area (Å²) in [5, 5.41) is 6.18. The number of guanidine groups is 1. The third kappa shape index (κ3) is 2.15. The number of rotatable bonds is 2. The molecule has 0 saturated carbocycles. The molecule has 0 saturated heterocycles. The molecule has 6 nitrogen and oxygen atoms in total. The number of hydrogen-bond donors (Lipinski definition) is 2. The number of aryl methyl sites for hydroxylation is 1. The van der Waals surface area contributed by atoms with Gasteiger partial charge in [-0.25, -0.2) is 4.98 Å². The average molecular weight is 207 g/mol. The summed E-state index contributed by atoms with van der Waals surface area (Å²) in [7, 11) is 1.58. The lowest BCUT2D eigenvalue weighted by Crippen LogP contribution is -2.26. The zero-order chi connectivity index (χ0) is 10.7. The summed E-state index contributed by atoms with van der Waals surface area (Å²) >= 11 is 0. The molecule has 0 aliphatic carbocycles. The Balaban J connectivity index is 2.19. The number of anilines is 1. The monoisotopic (exact) mass is 207 g/mol. The average Bonchev–Trinajstić information content (AvgIpc) is 2.73. The molecule has 80 valence electrons. The molecule has 0 bridgehead atoms. The first-order valence-electron chi connectivity index (χ1n) is 4.72. The van der Waals surface area contributed by atoms with E-state index in [1.165, 1.54) is 0 Å². The SMILES string of the molecule is COc1nc(C)ncc1NC1=NCCN1. The maximum absolute atomic E-state index is 5.14. The van der Waals surface area contributed by atoms with E-state index in [2.05, 4.69) is 25.6 Å². The van der Waals surface area contributed by atoms with Crippen molar-refractivity contribution in [3.63, 3.8) is 0 Å². The lowest BCUT2D eigenvalue weighted by Gasteiger charge is -2.09. The molecule has 2 N–H and O–H groups in total. The van der Waals surface area contributed by atoms with Gasteiger partial charge < -0.3 is 15.4 Å². The van der Waals surface area contributed by atoms with Gasteiger partial charge in [-0.05, 0) is 6.92 Å². The molecule has 0 radical (unpaired) electrons. The van der Waals surface area contributed by atoms with E-state index in [4.69, 9.17) is 4.74 Å². The predicted molar refractivity (Wildman–Crippen MR) is 57.2 cm³/mol. The van der Waals surface area contributed by atoms with Gasteiger partial charge in [-0.3, -0.25) is 4.99 Å². The minimum Gasteiger partial charge on any atom is -0.479 e. The van der Waals surface area contributed by atoms with Crippen molar-refractivity contribution in [3.05, 3.63) is 12.0 Å². The van der Waals surface area contributed by atoms with Gasteiger partial charge in [-0.15, -0.1) is 0 Å². The van der Waals surface area contributed by atoms with E-state index >= 15 is 0 Å². The number of hydrogen-bond acceptors (Lipinski definition) is 6. The highest BCUT2D eigenvalue weighted by molar-refractivity contribution is 5.95. The molecule has 0 aromatic carbocycles. The number of aromatic nitrogens is 2. The first kappa shape index (κ1) is 9.70. The minimum atomic E-state index is 0.527. The van der Waals surface area contributed by atoms with Gasteiger partial charge in [0.15, 0.2) is 5.96 Å². The molecule has 2 rings (SSSR count). The van der Waals surface area contributed by atoms with Crippen LogP contribution in [-0.2, 0) is 0 Å². The van der Waals surface area contributed by atoms with Crippen LogP contribution in [0.1, 0.15) is 5.82 Å². The third-order valence-electron chi connectivity index (χ3n) is 1.99. The highest BCUT2D eigenvalue weighted by atomic mass is 16.5. The fourth-order valence-electron chi connectivity index (χ4n) is 1.30. The lowest BCUT2D eigenvalue weighted by atomic mass is 10.5. The Hall–Kier alpha value is -1.85. The molecule has 15 heavy (non-hydrogen) atoms. The van der Waals surface area contributed by atoms with Crippen molar-refractivity contribution in [3.8, 4) is 5.88 Å². The molecule has 0 fully saturated rings. The van der Waals surface area contributed by atoms with Gasteiger partial charge in [-0.1, -0.05) is 0 Å². The van der Waals surface area contributed by atoms with E-state index in [1.54, 1.807) is 13.3 Å². The van der Waals surface area contributed by atoms with Crippen molar-refractivity contribution in [1.29, 1.82) is 0 Å². The fourth-order valence-corrected chi connectivity index (χ4v) is 1.30. The van der Waals surface area contributed by atoms with Gasteiger partial charge in [0, 0.05) is 6.54 Å². The number of methoxy groups -OCH3 is 1. The molecule has 0 spiro atoms. The van der Waals surface area contributed by atoms with Gasteiger partial charge in [0.05, 0.1) is 19.9 Å². The van der Waals surface area contributed by atoms with Gasteiger partial charge in [-0.2, -0.15) is 4.98 Å². The van der Waals surface area contributed by atoms with E-state index < -0.39 is 0 Å². The van der Waals surface area contributed by atoms with E-state index in [-0.39, 0.29) is 0 Å². The van der Waals surface area contributed by atoms with Crippen molar-refractivity contribution in [2.75, 3.05) is 25.5 Å². The van der Waals surface area contributed by atoms with E-state index in [0.717, 1.165) is 24.7 Å². The second-order valence-corrected chi connectivity index (χ2v) is 3.12. The Bertz CT molecular complexity index is 390. The number of nitrogens with zero attached hydrogens (tertiary/aromatic N) is 3. The van der Waals surface area contributed by atoms with Crippen LogP contribution in [0.15, 0.2) is 11.2 Å². The molecule has 1 aromatic heterocycles. The molecular formula is C9H13N5O. The lowest BCUT2D eigenvalue weighted by molar-refractivity contribution is 0.398. The van der Waals surface area contributed by atoms with Crippen LogP contribution < -0.4 is 15.4 Å². The molecule has 0 atom stereocenters. The normalized spacial score (nSPS) is 14.4. The van der Waals surface area contributed by atoms with Crippen LogP contribution in [0, 0.1) is 6.92 Å². The van der Waals surface area contributed by atoms with Crippen LogP contribution in [-0.4, -0.2) is 36.1 Å². The second kappa shape index (κ2) is 4.12. The standard InChI is InChI=1S/C9H13N5O/c1-6-12-5-7(8(13-6)15-2)14-9-10-3-4-11-9/h5H,3-4H2,1-2H3,(H2,10,11,14). The summed E-state index contributed by atoms with van der Waals surface area (Å²) in [6.07, 6.45) is 1.68. The first-order chi connectivity index (χ1) is 7.29. The first-order valence-corrected chi connectivity index (χ1v) is 4.72. The largest absolute Gasteiger partial charge is 0.479 e. The highest BCUT2D eigenvalue weighted by Crippen LogP contribution is 2.19. The Morgan fingerprint density at radius 2 is 2.40 bits per heavy atom. The number of aliphatic imine (C=N–C) groups is 1. The van der Waals surface area contributed by atoms with Crippen LogP contribution in [0.4, 0.5) is 5.69 Å². The molecule has 0 amide bonds. The maximum atomic E-state index is 5.14. The van der Waals surface area contributed by atoms with Crippen LogP contribution in [0.5, 0.6) is 5.88 Å². The van der Waals surface area contributed by atoms with Crippen LogP contribution in [0.2, 0.25) is 0 Å². The molecule has 0 unspecified atom stereocenters. The Morgan fingerprint density at radius 1 is 1.53 bits per heavy atom. The zero-order valence-corrected chi connectivity index (χ0v) is 8.74. The molecule has 1 aliphatic rings. The highest BCUT2D eigenvalue weighted by Gasteiger charge is 2.10. The summed E-state index contributed by atoms with van der Waals surface area (Å²) in [6, 6.07) is 0. The third-order valence-corrected chi connectivity index (χ3v) is 1.99. The molecular weight excluding hydrogens is 194 g/mol. The topological polar surface area (TPSA) is 71.4 Å². The van der Waals surface area contributed by atoms with Crippen molar-refractivity contribution < 1.29 is 4.74 Å². The molecule has 1 aromatic rings. The van der Waals surface area contributed by atoms with Crippen molar-refractivity contribution in [1.82, 2.24) is 15.3 Å². The van der Waals surface area contributed by atoms with Crippen molar-refractivity contribution in [2.24, 2.45) is 4.99 Å². The quantitative estimate of drug-likeness (QED) is 0.723. The van der Waals surface area contributed by atoms with Crippen molar-refractivity contribution >= 4 is 11.6 Å². The van der Waals surface area contributed by atoms with Crippen LogP contribution in [0.25, 0.3) is 0 Å². The Labute approximate surface area is 87.8 Å². The van der Waals surface area contributed by atoms with Gasteiger partial charge in [0.25, 0.3) is 0 Å². The number of ether oxygens (including phenoxy) is 1. The smallest absolute Gasteiger partial charge is 0.240 e. The van der Waals surface area contributed by atoms with E-state index in [0.29, 0.717) is 11.7 Å². The van der Waals surface area contributed by atoms with Crippen molar-refractivity contribution in [2.45, 2.75) is 6.92 Å². The van der Waals surface area contributed by atoms with Gasteiger partial charge in [0.2, 0.25) is 5.88 Å². The summed E-state index contributed by atoms with van der Waals surface area (Å²) in [5.74, 6) is 1.94. The summed E-state index contributed by atoms with van der Waals surface area (Å²) in [6.45, 7) is 3.46. The summed E-state index contributed by atoms with van der Waals surface area (Å²) < 4.78 is 5.14. The van der Waals surface area contributed by atoms with Gasteiger partial charge >= 0.3 is 0 Å². The fraction of sp³-hybridized carbons (Fsp3) is 0.444. The van der Waals surface area contributed by atoms with E-state index in [1.807, 2.05) is 6.92 Å². The van der Waals surface area contributed by atoms with Crippen LogP contribution >= 0.6 is 0 Å². The van der Waals surface area contributed by atoms with Crippen LogP contribution in [0.3, 0.4) is 0 Å². The maximum Gasteiger partial charge on any atom is 0.240 e. The predicted octanol–water partition coefficient (Wildman–Crippen LogP) is 0.165. The Kier molecular flexibility index (Phi) is 2.66. The molecule has 6 heteroatoms. The summed E-state index contributed by atoms with van der Waals surface area (Å²) in [5.41, 5.74) is 0.719. The van der Waals surface area contributed by atoms with Gasteiger partial charge in [0.1, 0.15) is 11.5 Å². The van der Waals surface area contributed by atoms with E-state index in [9.17, 15) is 0 Å². The number of nitrogens with one attached hydrogen (secondary N) is 2. The molecule has 2 heterocycles. The minimum absolute atomic E-state index is 0.527. The Morgan fingerprint density at radius 3 is 3.07 bits per heavy atom. The zero-order valence-electron chi connectivity index (χ0n) is 8.74.